The van der Waals surface area contributed by atoms with E-state index in [-0.39, 0.29) is 12.6 Å². The Morgan fingerprint density at radius 1 is 1.04 bits per heavy atom. The van der Waals surface area contributed by atoms with Crippen molar-refractivity contribution in [2.75, 3.05) is 13.2 Å². The van der Waals surface area contributed by atoms with Crippen LogP contribution < -0.4 is 10.6 Å². The summed E-state index contributed by atoms with van der Waals surface area (Å²) in [6.45, 7) is 0.981. The molecule has 142 valence electrons. The van der Waals surface area contributed by atoms with Crippen LogP contribution >= 0.6 is 23.2 Å². The summed E-state index contributed by atoms with van der Waals surface area (Å²) in [4.78, 5) is 35.4. The third-order valence-electron chi connectivity index (χ3n) is 3.61. The molecule has 0 aromatic heterocycles. The zero-order chi connectivity index (χ0) is 19.8. The number of carbonyl (C=O) groups excluding carboxylic acids is 3. The molecular formula is C19H18Cl2N2O4. The summed E-state index contributed by atoms with van der Waals surface area (Å²) >= 11 is 11.8. The molecule has 2 aromatic rings. The molecule has 2 rings (SSSR count). The van der Waals surface area contributed by atoms with Crippen molar-refractivity contribution in [2.24, 2.45) is 0 Å². The van der Waals surface area contributed by atoms with Crippen molar-refractivity contribution >= 4 is 41.0 Å². The predicted molar refractivity (Wildman–Crippen MR) is 103 cm³/mol. The molecule has 0 saturated heterocycles. The number of carbonyl (C=O) groups is 3. The van der Waals surface area contributed by atoms with Gasteiger partial charge >= 0.3 is 5.97 Å². The fourth-order valence-electron chi connectivity index (χ4n) is 2.19. The number of hydrogen-bond donors (Lipinski definition) is 2. The molecule has 0 aliphatic rings. The molecule has 2 N–H and O–H groups in total. The minimum absolute atomic E-state index is 0.330. The summed E-state index contributed by atoms with van der Waals surface area (Å²) in [5, 5.41) is 5.92. The molecule has 6 nitrogen and oxygen atoms in total. The Balaban J connectivity index is 1.73. The van der Waals surface area contributed by atoms with Gasteiger partial charge in [0.1, 0.15) is 6.54 Å². The molecule has 0 heterocycles. The predicted octanol–water partition coefficient (Wildman–Crippen LogP) is 3.14. The number of amides is 2. The van der Waals surface area contributed by atoms with Gasteiger partial charge in [-0.25, -0.2) is 0 Å². The van der Waals surface area contributed by atoms with Crippen molar-refractivity contribution in [2.45, 2.75) is 13.0 Å². The van der Waals surface area contributed by atoms with Gasteiger partial charge < -0.3 is 15.4 Å². The van der Waals surface area contributed by atoms with Gasteiger partial charge in [-0.15, -0.1) is 0 Å². The summed E-state index contributed by atoms with van der Waals surface area (Å²) in [6.07, 6.45) is 0. The Labute approximate surface area is 166 Å². The van der Waals surface area contributed by atoms with Crippen LogP contribution in [0.3, 0.4) is 0 Å². The molecule has 2 aromatic carbocycles. The second-order valence-electron chi connectivity index (χ2n) is 5.67. The molecule has 0 fully saturated rings. The summed E-state index contributed by atoms with van der Waals surface area (Å²) in [5.74, 6) is -1.59. The second kappa shape index (κ2) is 9.94. The summed E-state index contributed by atoms with van der Waals surface area (Å²) in [5.41, 5.74) is 1.19. The van der Waals surface area contributed by atoms with Crippen molar-refractivity contribution in [3.8, 4) is 0 Å². The number of rotatable bonds is 7. The van der Waals surface area contributed by atoms with Crippen molar-refractivity contribution < 1.29 is 19.1 Å². The maximum Gasteiger partial charge on any atom is 0.325 e. The highest BCUT2D eigenvalue weighted by molar-refractivity contribution is 6.42. The fraction of sp³-hybridized carbons (Fsp3) is 0.211. The van der Waals surface area contributed by atoms with Crippen LogP contribution in [0.15, 0.2) is 48.5 Å². The molecule has 0 radical (unpaired) electrons. The lowest BCUT2D eigenvalue weighted by Gasteiger charge is -2.15. The van der Waals surface area contributed by atoms with Gasteiger partial charge in [-0.1, -0.05) is 47.5 Å². The molecule has 0 bridgehead atoms. The first kappa shape index (κ1) is 20.7. The zero-order valence-corrected chi connectivity index (χ0v) is 16.0. The molecule has 0 aliphatic heterocycles. The van der Waals surface area contributed by atoms with E-state index in [1.54, 1.807) is 55.5 Å². The average molecular weight is 409 g/mol. The fourth-order valence-corrected chi connectivity index (χ4v) is 2.50. The van der Waals surface area contributed by atoms with E-state index in [1.165, 1.54) is 0 Å². The van der Waals surface area contributed by atoms with E-state index in [0.29, 0.717) is 15.6 Å². The van der Waals surface area contributed by atoms with Gasteiger partial charge in [0.15, 0.2) is 6.61 Å². The van der Waals surface area contributed by atoms with E-state index >= 15 is 0 Å². The van der Waals surface area contributed by atoms with Crippen molar-refractivity contribution in [1.82, 2.24) is 10.6 Å². The van der Waals surface area contributed by atoms with E-state index in [4.69, 9.17) is 27.9 Å². The van der Waals surface area contributed by atoms with Gasteiger partial charge in [-0.05, 0) is 36.8 Å². The molecule has 0 aliphatic carbocycles. The lowest BCUT2D eigenvalue weighted by atomic mass is 10.1. The van der Waals surface area contributed by atoms with Crippen LogP contribution in [0.2, 0.25) is 10.0 Å². The third-order valence-corrected chi connectivity index (χ3v) is 4.35. The smallest absolute Gasteiger partial charge is 0.325 e. The number of nitrogens with one attached hydrogen (secondary N) is 2. The minimum atomic E-state index is -0.711. The quantitative estimate of drug-likeness (QED) is 0.689. The third kappa shape index (κ3) is 6.58. The number of hydrogen-bond acceptors (Lipinski definition) is 4. The molecule has 1 atom stereocenters. The Hall–Kier alpha value is -2.57. The topological polar surface area (TPSA) is 84.5 Å². The maximum absolute atomic E-state index is 11.9. The van der Waals surface area contributed by atoms with Gasteiger partial charge in [0.2, 0.25) is 0 Å². The standard InChI is InChI=1S/C19H18Cl2N2O4/c1-12(14-7-8-15(20)16(21)9-14)23-17(24)11-27-18(25)10-22-19(26)13-5-3-2-4-6-13/h2-9,12H,10-11H2,1H3,(H,22,26)(H,23,24)/t12-/m0/s1. The molecule has 0 saturated carbocycles. The zero-order valence-electron chi connectivity index (χ0n) is 14.5. The largest absolute Gasteiger partial charge is 0.454 e. The van der Waals surface area contributed by atoms with Crippen LogP contribution in [0, 0.1) is 0 Å². The van der Waals surface area contributed by atoms with Crippen LogP contribution in [0.4, 0.5) is 0 Å². The maximum atomic E-state index is 11.9. The van der Waals surface area contributed by atoms with E-state index < -0.39 is 24.4 Å². The highest BCUT2D eigenvalue weighted by atomic mass is 35.5. The van der Waals surface area contributed by atoms with Crippen molar-refractivity contribution in [3.05, 3.63) is 69.7 Å². The summed E-state index contributed by atoms with van der Waals surface area (Å²) in [6, 6.07) is 13.1. The number of benzene rings is 2. The van der Waals surface area contributed by atoms with Crippen LogP contribution in [-0.2, 0) is 14.3 Å². The van der Waals surface area contributed by atoms with E-state index in [0.717, 1.165) is 5.56 Å². The first-order valence-corrected chi connectivity index (χ1v) is 8.85. The van der Waals surface area contributed by atoms with Gasteiger partial charge in [0.25, 0.3) is 11.8 Å². The van der Waals surface area contributed by atoms with Crippen molar-refractivity contribution in [1.29, 1.82) is 0 Å². The van der Waals surface area contributed by atoms with Crippen LogP contribution in [0.5, 0.6) is 0 Å². The van der Waals surface area contributed by atoms with E-state index in [9.17, 15) is 14.4 Å². The number of halogens is 2. The Bertz CT molecular complexity index is 828. The molecule has 27 heavy (non-hydrogen) atoms. The Kier molecular flexibility index (Phi) is 7.64. The first-order valence-electron chi connectivity index (χ1n) is 8.10. The lowest BCUT2D eigenvalue weighted by Crippen LogP contribution is -2.34. The van der Waals surface area contributed by atoms with Crippen LogP contribution in [0.25, 0.3) is 0 Å². The normalized spacial score (nSPS) is 11.4. The number of ether oxygens (including phenoxy) is 1. The molecule has 8 heteroatoms. The molecule has 0 spiro atoms. The van der Waals surface area contributed by atoms with E-state index in [2.05, 4.69) is 10.6 Å². The monoisotopic (exact) mass is 408 g/mol. The van der Waals surface area contributed by atoms with Crippen LogP contribution in [0.1, 0.15) is 28.9 Å². The Morgan fingerprint density at radius 2 is 1.74 bits per heavy atom. The molecule has 0 unspecified atom stereocenters. The van der Waals surface area contributed by atoms with Gasteiger partial charge in [0, 0.05) is 5.56 Å². The summed E-state index contributed by atoms with van der Waals surface area (Å²) < 4.78 is 4.86. The first-order chi connectivity index (χ1) is 12.9. The van der Waals surface area contributed by atoms with Crippen LogP contribution in [-0.4, -0.2) is 30.9 Å². The van der Waals surface area contributed by atoms with Gasteiger partial charge in [-0.2, -0.15) is 0 Å². The number of esters is 1. The van der Waals surface area contributed by atoms with E-state index in [1.807, 2.05) is 0 Å². The molecule has 2 amide bonds. The molecular weight excluding hydrogens is 391 g/mol. The SMILES string of the molecule is C[C@H](NC(=O)COC(=O)CNC(=O)c1ccccc1)c1ccc(Cl)c(Cl)c1. The lowest BCUT2D eigenvalue weighted by molar-refractivity contribution is -0.147. The van der Waals surface area contributed by atoms with Crippen molar-refractivity contribution in [3.63, 3.8) is 0 Å². The second-order valence-corrected chi connectivity index (χ2v) is 6.49. The summed E-state index contributed by atoms with van der Waals surface area (Å²) in [7, 11) is 0. The minimum Gasteiger partial charge on any atom is -0.454 e. The van der Waals surface area contributed by atoms with Gasteiger partial charge in [0.05, 0.1) is 16.1 Å². The average Bonchev–Trinajstić information content (AvgIpc) is 2.67. The highest BCUT2D eigenvalue weighted by Gasteiger charge is 2.14. The Morgan fingerprint density at radius 3 is 2.41 bits per heavy atom. The van der Waals surface area contributed by atoms with Gasteiger partial charge in [-0.3, -0.25) is 14.4 Å². The highest BCUT2D eigenvalue weighted by Crippen LogP contribution is 2.25.